The summed E-state index contributed by atoms with van der Waals surface area (Å²) in [6.07, 6.45) is 2.89. The van der Waals surface area contributed by atoms with Crippen LogP contribution in [0.1, 0.15) is 54.8 Å². The molecule has 0 spiro atoms. The molecule has 1 aromatic heterocycles. The lowest BCUT2D eigenvalue weighted by Gasteiger charge is -2.32. The molecule has 2 aromatic carbocycles. The van der Waals surface area contributed by atoms with Crippen LogP contribution in [-0.2, 0) is 4.74 Å². The van der Waals surface area contributed by atoms with Crippen LogP contribution >= 0.6 is 0 Å². The second kappa shape index (κ2) is 8.33. The molecular weight excluding hydrogens is 370 g/mol. The molecule has 2 unspecified atom stereocenters. The minimum Gasteiger partial charge on any atom is -0.396 e. The Labute approximate surface area is 179 Å². The van der Waals surface area contributed by atoms with E-state index in [9.17, 15) is 5.11 Å². The van der Waals surface area contributed by atoms with Crippen molar-refractivity contribution in [1.29, 1.82) is 0 Å². The van der Waals surface area contributed by atoms with Gasteiger partial charge in [0.05, 0.1) is 23.5 Å². The molecule has 0 radical (unpaired) electrons. The highest BCUT2D eigenvalue weighted by Crippen LogP contribution is 2.45. The van der Waals surface area contributed by atoms with Gasteiger partial charge in [-0.1, -0.05) is 50.3 Å². The van der Waals surface area contributed by atoms with Crippen LogP contribution in [0.25, 0.3) is 22.0 Å². The van der Waals surface area contributed by atoms with Crippen LogP contribution in [0.3, 0.4) is 0 Å². The van der Waals surface area contributed by atoms with Gasteiger partial charge in [0.2, 0.25) is 5.69 Å². The molecule has 0 fully saturated rings. The minimum absolute atomic E-state index is 0.0523. The normalized spacial score (nSPS) is 17.8. The molecule has 3 heteroatoms. The predicted octanol–water partition coefficient (Wildman–Crippen LogP) is 5.45. The van der Waals surface area contributed by atoms with Crippen LogP contribution in [0, 0.1) is 6.92 Å². The first-order chi connectivity index (χ1) is 14.5. The minimum atomic E-state index is 0.0523. The van der Waals surface area contributed by atoms with Gasteiger partial charge in [-0.05, 0) is 47.9 Å². The zero-order valence-electron chi connectivity index (χ0n) is 18.5. The highest BCUT2D eigenvalue weighted by Gasteiger charge is 2.42. The Morgan fingerprint density at radius 2 is 1.97 bits per heavy atom. The number of pyridine rings is 1. The molecular formula is C27H32NO2+. The fraction of sp³-hybridized carbons (Fsp3) is 0.370. The topological polar surface area (TPSA) is 33.3 Å². The maximum Gasteiger partial charge on any atom is 0.221 e. The summed E-state index contributed by atoms with van der Waals surface area (Å²) in [6, 6.07) is 15.8. The molecule has 3 aromatic rings. The summed E-state index contributed by atoms with van der Waals surface area (Å²) in [4.78, 5) is 0. The Hall–Kier alpha value is -2.49. The Kier molecular flexibility index (Phi) is 5.77. The van der Waals surface area contributed by atoms with Gasteiger partial charge in [0.25, 0.3) is 0 Å². The standard InChI is InChI=1S/C27H32NO2/c1-17(2)20-7-9-22-21(15-20)10-12-28-26(19(4)16-30-5)24(11-13-29)23-8-6-18(3)14-25(23)27(22)28/h6-10,12,14-15,17,24,26,29H,4,11,13,16H2,1-3,5H3/q+1. The molecule has 1 aliphatic heterocycles. The quantitative estimate of drug-likeness (QED) is 0.439. The summed E-state index contributed by atoms with van der Waals surface area (Å²) in [6.45, 7) is 11.6. The van der Waals surface area contributed by atoms with Gasteiger partial charge < -0.3 is 9.84 Å². The molecule has 156 valence electrons. The third-order valence-corrected chi connectivity index (χ3v) is 6.40. The van der Waals surface area contributed by atoms with Gasteiger partial charge in [-0.2, -0.15) is 4.57 Å². The maximum atomic E-state index is 9.86. The first kappa shape index (κ1) is 20.8. The highest BCUT2D eigenvalue weighted by atomic mass is 16.5. The number of fused-ring (bicyclic) bond motifs is 5. The predicted molar refractivity (Wildman–Crippen MR) is 123 cm³/mol. The molecule has 0 bridgehead atoms. The summed E-state index contributed by atoms with van der Waals surface area (Å²) in [5.74, 6) is 0.661. The molecule has 30 heavy (non-hydrogen) atoms. The van der Waals surface area contributed by atoms with Gasteiger partial charge in [0.1, 0.15) is 0 Å². The summed E-state index contributed by atoms with van der Waals surface area (Å²) < 4.78 is 7.82. The van der Waals surface area contributed by atoms with Crippen LogP contribution in [0.2, 0.25) is 0 Å². The second-order valence-electron chi connectivity index (χ2n) is 8.82. The van der Waals surface area contributed by atoms with Crippen LogP contribution in [-0.4, -0.2) is 25.4 Å². The van der Waals surface area contributed by atoms with Crippen molar-refractivity contribution in [3.05, 3.63) is 77.5 Å². The SMILES string of the molecule is C=C(COC)C1C(CCO)c2ccc(C)cc2-c2c3ccc(C(C)C)cc3cc[n+]21. The van der Waals surface area contributed by atoms with E-state index in [1.165, 1.54) is 38.7 Å². The van der Waals surface area contributed by atoms with Crippen molar-refractivity contribution in [3.63, 3.8) is 0 Å². The van der Waals surface area contributed by atoms with E-state index in [0.29, 0.717) is 18.9 Å². The molecule has 0 saturated carbocycles. The number of aliphatic hydroxyl groups excluding tert-OH is 1. The molecule has 2 atom stereocenters. The fourth-order valence-electron chi connectivity index (χ4n) is 4.95. The Balaban J connectivity index is 2.03. The zero-order chi connectivity index (χ0) is 21.4. The lowest BCUT2D eigenvalue weighted by molar-refractivity contribution is -0.708. The molecule has 1 aliphatic rings. The molecule has 0 saturated heterocycles. The number of hydrogen-bond donors (Lipinski definition) is 1. The van der Waals surface area contributed by atoms with Gasteiger partial charge in [-0.25, -0.2) is 0 Å². The number of hydrogen-bond acceptors (Lipinski definition) is 2. The number of aliphatic hydroxyl groups is 1. The van der Waals surface area contributed by atoms with Crippen molar-refractivity contribution in [3.8, 4) is 11.3 Å². The zero-order valence-corrected chi connectivity index (χ0v) is 18.5. The first-order valence-electron chi connectivity index (χ1n) is 10.8. The van der Waals surface area contributed by atoms with E-state index in [-0.39, 0.29) is 18.6 Å². The summed E-state index contributed by atoms with van der Waals surface area (Å²) >= 11 is 0. The van der Waals surface area contributed by atoms with E-state index in [0.717, 1.165) is 5.57 Å². The number of methoxy groups -OCH3 is 1. The van der Waals surface area contributed by atoms with Crippen LogP contribution in [0.4, 0.5) is 0 Å². The molecule has 1 N–H and O–H groups in total. The van der Waals surface area contributed by atoms with Crippen molar-refractivity contribution < 1.29 is 14.4 Å². The van der Waals surface area contributed by atoms with E-state index in [2.05, 4.69) is 80.6 Å². The highest BCUT2D eigenvalue weighted by molar-refractivity contribution is 5.94. The number of ether oxygens (including phenoxy) is 1. The Morgan fingerprint density at radius 1 is 1.17 bits per heavy atom. The molecule has 3 nitrogen and oxygen atoms in total. The second-order valence-corrected chi connectivity index (χ2v) is 8.82. The third kappa shape index (κ3) is 3.46. The third-order valence-electron chi connectivity index (χ3n) is 6.40. The van der Waals surface area contributed by atoms with Gasteiger partial charge in [-0.3, -0.25) is 0 Å². The van der Waals surface area contributed by atoms with E-state index >= 15 is 0 Å². The van der Waals surface area contributed by atoms with Crippen LogP contribution in [0.5, 0.6) is 0 Å². The Morgan fingerprint density at radius 3 is 2.67 bits per heavy atom. The molecule has 0 amide bonds. The lowest BCUT2D eigenvalue weighted by atomic mass is 9.77. The Bertz CT molecular complexity index is 1100. The summed E-state index contributed by atoms with van der Waals surface area (Å²) in [5.41, 5.74) is 7.42. The van der Waals surface area contributed by atoms with E-state index in [4.69, 9.17) is 4.74 Å². The van der Waals surface area contributed by atoms with Crippen molar-refractivity contribution in [2.45, 2.75) is 45.1 Å². The van der Waals surface area contributed by atoms with Crippen molar-refractivity contribution in [2.24, 2.45) is 0 Å². The number of aromatic nitrogens is 1. The van der Waals surface area contributed by atoms with E-state index < -0.39 is 0 Å². The number of benzene rings is 2. The van der Waals surface area contributed by atoms with Crippen molar-refractivity contribution in [2.75, 3.05) is 20.3 Å². The van der Waals surface area contributed by atoms with Gasteiger partial charge >= 0.3 is 0 Å². The summed E-state index contributed by atoms with van der Waals surface area (Å²) in [5, 5.41) is 12.4. The average molecular weight is 403 g/mol. The van der Waals surface area contributed by atoms with Gasteiger partial charge in [0.15, 0.2) is 12.2 Å². The fourth-order valence-corrected chi connectivity index (χ4v) is 4.95. The summed E-state index contributed by atoms with van der Waals surface area (Å²) in [7, 11) is 1.71. The number of rotatable bonds is 6. The van der Waals surface area contributed by atoms with Crippen molar-refractivity contribution in [1.82, 2.24) is 0 Å². The molecule has 0 aliphatic carbocycles. The smallest absolute Gasteiger partial charge is 0.221 e. The van der Waals surface area contributed by atoms with Gasteiger partial charge in [-0.15, -0.1) is 0 Å². The van der Waals surface area contributed by atoms with E-state index in [1.54, 1.807) is 7.11 Å². The van der Waals surface area contributed by atoms with Crippen LogP contribution in [0.15, 0.2) is 60.8 Å². The van der Waals surface area contributed by atoms with Crippen LogP contribution < -0.4 is 4.57 Å². The average Bonchev–Trinajstić information content (AvgIpc) is 2.73. The monoisotopic (exact) mass is 402 g/mol. The lowest BCUT2D eigenvalue weighted by Crippen LogP contribution is -2.49. The number of aryl methyl sites for hydroxylation is 1. The molecule has 2 heterocycles. The largest absolute Gasteiger partial charge is 0.396 e. The molecule has 4 rings (SSSR count). The number of nitrogens with zero attached hydrogens (tertiary/aromatic N) is 1. The van der Waals surface area contributed by atoms with E-state index in [1.807, 2.05) is 0 Å². The van der Waals surface area contributed by atoms with Crippen molar-refractivity contribution >= 4 is 10.8 Å². The maximum absolute atomic E-state index is 9.86. The van der Waals surface area contributed by atoms with Gasteiger partial charge in [0, 0.05) is 25.4 Å². The first-order valence-corrected chi connectivity index (χ1v) is 10.8.